The van der Waals surface area contributed by atoms with Gasteiger partial charge in [-0.25, -0.2) is 8.78 Å². The third kappa shape index (κ3) is 18.5. The number of halogens is 12. The SMILES string of the molecule is COc1c(Cl)cc(C(=O)Nc2cc(Br)c(O)c(Br)c2)cc1Cl.O=C(Nc1cc(Br)c(O)c(Br)c1)c1cc(F)cc(F)c1.O=C(Nc1cc(Br)c(O)c(Br)c1)c1cccc(O)c1.O=C(Nc1cc(Br)c(O)c(Br)c1)c1ccccc1O. The number of phenolic OH excluding ortho intramolecular Hbond substituents is 6. The predicted molar refractivity (Wildman–Crippen MR) is 331 cm³/mol. The second-order valence-corrected chi connectivity index (χ2v) is 23.3. The fourth-order valence-electron chi connectivity index (χ4n) is 6.24. The van der Waals surface area contributed by atoms with Gasteiger partial charge in [-0.1, -0.05) is 41.4 Å². The van der Waals surface area contributed by atoms with Gasteiger partial charge in [0.25, 0.3) is 23.6 Å². The van der Waals surface area contributed by atoms with E-state index in [1.54, 1.807) is 60.7 Å². The largest absolute Gasteiger partial charge is 0.508 e. The van der Waals surface area contributed by atoms with Crippen molar-refractivity contribution in [1.29, 1.82) is 0 Å². The summed E-state index contributed by atoms with van der Waals surface area (Å²) in [4.78, 5) is 48.1. The number of phenols is 6. The van der Waals surface area contributed by atoms with E-state index in [1.165, 1.54) is 55.6 Å². The van der Waals surface area contributed by atoms with Crippen LogP contribution in [0.1, 0.15) is 41.4 Å². The molecule has 10 N–H and O–H groups in total. The number of rotatable bonds is 9. The number of hydrogen-bond acceptors (Lipinski definition) is 11. The zero-order valence-corrected chi connectivity index (χ0v) is 54.1. The van der Waals surface area contributed by atoms with Gasteiger partial charge in [0.15, 0.2) is 5.75 Å². The molecule has 4 amide bonds. The van der Waals surface area contributed by atoms with Crippen LogP contribution in [0.2, 0.25) is 10.0 Å². The number of amides is 4. The lowest BCUT2D eigenvalue weighted by Crippen LogP contribution is -2.12. The summed E-state index contributed by atoms with van der Waals surface area (Å²) in [5.41, 5.74) is 2.54. The molecule has 0 bridgehead atoms. The molecule has 0 heterocycles. The molecule has 15 nitrogen and oxygen atoms in total. The number of para-hydroxylation sites is 1. The van der Waals surface area contributed by atoms with Crippen LogP contribution in [0, 0.1) is 11.6 Å². The monoisotopic (exact) mass is 1640 g/mol. The van der Waals surface area contributed by atoms with Gasteiger partial charge in [-0.15, -0.1) is 0 Å². The molecule has 0 aliphatic heterocycles. The lowest BCUT2D eigenvalue weighted by atomic mass is 10.2. The van der Waals surface area contributed by atoms with Crippen molar-refractivity contribution in [2.45, 2.75) is 0 Å². The highest BCUT2D eigenvalue weighted by molar-refractivity contribution is 9.12. The van der Waals surface area contributed by atoms with Crippen LogP contribution >= 0.6 is 151 Å². The Morgan fingerprint density at radius 2 is 0.738 bits per heavy atom. The molecule has 0 spiro atoms. The Kier molecular flexibility index (Phi) is 24.5. The van der Waals surface area contributed by atoms with Crippen LogP contribution in [-0.2, 0) is 0 Å². The van der Waals surface area contributed by atoms with Gasteiger partial charge in [0.1, 0.15) is 46.1 Å². The summed E-state index contributed by atoms with van der Waals surface area (Å²) in [6, 6.07) is 30.2. The van der Waals surface area contributed by atoms with Gasteiger partial charge >= 0.3 is 0 Å². The minimum Gasteiger partial charge on any atom is -0.508 e. The van der Waals surface area contributed by atoms with Crippen LogP contribution in [0.15, 0.2) is 163 Å². The number of nitrogens with one attached hydrogen (secondary N) is 4. The van der Waals surface area contributed by atoms with Gasteiger partial charge in [0.05, 0.1) is 58.5 Å². The Hall–Kier alpha value is -5.48. The Balaban J connectivity index is 0.000000196. The van der Waals surface area contributed by atoms with Crippen LogP contribution < -0.4 is 26.0 Å². The lowest BCUT2D eigenvalue weighted by molar-refractivity contribution is 0.101. The first kappa shape index (κ1) is 65.3. The average molecular weight is 1650 g/mol. The zero-order valence-electron chi connectivity index (χ0n) is 39.9. The number of methoxy groups -OCH3 is 1. The summed E-state index contributed by atoms with van der Waals surface area (Å²) < 4.78 is 34.6. The lowest BCUT2D eigenvalue weighted by Gasteiger charge is -2.10. The first-order valence-electron chi connectivity index (χ1n) is 21.7. The molecule has 80 heavy (non-hydrogen) atoms. The summed E-state index contributed by atoms with van der Waals surface area (Å²) in [5.74, 6) is -3.07. The number of aromatic hydroxyl groups is 6. The fraction of sp³-hybridized carbons (Fsp3) is 0.0189. The van der Waals surface area contributed by atoms with Crippen LogP contribution in [0.25, 0.3) is 0 Å². The quantitative estimate of drug-likeness (QED) is 0.0609. The highest BCUT2D eigenvalue weighted by atomic mass is 79.9. The third-order valence-corrected chi connectivity index (χ3v) is 15.3. The molecule has 0 aromatic heterocycles. The van der Waals surface area contributed by atoms with E-state index in [0.717, 1.165) is 12.1 Å². The van der Waals surface area contributed by atoms with Crippen LogP contribution in [0.5, 0.6) is 40.2 Å². The van der Waals surface area contributed by atoms with Crippen molar-refractivity contribution in [3.05, 3.63) is 207 Å². The third-order valence-electron chi connectivity index (χ3n) is 9.95. The van der Waals surface area contributed by atoms with Gasteiger partial charge in [-0.05, 0) is 231 Å². The van der Waals surface area contributed by atoms with E-state index in [4.69, 9.17) is 27.9 Å². The van der Waals surface area contributed by atoms with Gasteiger partial charge < -0.3 is 56.6 Å². The zero-order chi connectivity index (χ0) is 59.3. The molecule has 0 aliphatic rings. The standard InChI is InChI=1S/C14H9Br2Cl2NO3.C13H7Br2F2NO2.2C13H9Br2NO3/c1-22-13-10(17)2-6(3-11(13)18)14(21)19-7-4-8(15)12(20)9(16)5-7;14-10-4-9(5-11(15)12(10)19)18-13(20)6-1-7(16)3-8(17)2-6;14-10-5-8(6-11(15)12(10)18)16-13(19)7-2-1-3-9(17)4-7;14-9-5-7(6-10(15)12(9)18)16-13(19)8-3-1-2-4-11(8)17/h2-5,20H,1H3,(H,19,21);1-5,19H,(H,18,20);2*1-6,17-18H,(H,16,19). The molecule has 8 aromatic carbocycles. The van der Waals surface area contributed by atoms with E-state index in [0.29, 0.717) is 75.9 Å². The Labute approximate surface area is 530 Å². The Bertz CT molecular complexity index is 3550. The molecule has 0 saturated heterocycles. The molecular weight excluding hydrogens is 1620 g/mol. The van der Waals surface area contributed by atoms with E-state index in [-0.39, 0.29) is 67.1 Å². The van der Waals surface area contributed by atoms with Crippen LogP contribution in [0.4, 0.5) is 31.5 Å². The maximum atomic E-state index is 13.0. The molecule has 8 rings (SSSR count). The minimum atomic E-state index is -0.830. The summed E-state index contributed by atoms with van der Waals surface area (Å²) in [7, 11) is 1.44. The number of carbonyl (C=O) groups excluding carboxylic acids is 4. The van der Waals surface area contributed by atoms with E-state index in [9.17, 15) is 58.6 Å². The molecule has 27 heteroatoms. The summed E-state index contributed by atoms with van der Waals surface area (Å²) in [5, 5.41) is 68.2. The minimum absolute atomic E-state index is 0.0141. The second-order valence-electron chi connectivity index (χ2n) is 15.7. The van der Waals surface area contributed by atoms with Crippen molar-refractivity contribution in [2.75, 3.05) is 28.4 Å². The second kappa shape index (κ2) is 30.0. The smallest absolute Gasteiger partial charge is 0.259 e. The van der Waals surface area contributed by atoms with Crippen molar-refractivity contribution in [2.24, 2.45) is 0 Å². The van der Waals surface area contributed by atoms with Crippen molar-refractivity contribution < 1.29 is 63.3 Å². The first-order chi connectivity index (χ1) is 37.6. The van der Waals surface area contributed by atoms with E-state index in [1.807, 2.05) is 0 Å². The molecule has 0 radical (unpaired) electrons. The molecule has 0 atom stereocenters. The normalized spacial score (nSPS) is 10.3. The number of ether oxygens (including phenoxy) is 1. The summed E-state index contributed by atoms with van der Waals surface area (Å²) in [6.45, 7) is 0. The highest BCUT2D eigenvalue weighted by Gasteiger charge is 2.18. The van der Waals surface area contributed by atoms with Crippen molar-refractivity contribution in [3.63, 3.8) is 0 Å². The van der Waals surface area contributed by atoms with Crippen LogP contribution in [-0.4, -0.2) is 61.4 Å². The molecule has 0 unspecified atom stereocenters. The first-order valence-corrected chi connectivity index (χ1v) is 28.8. The van der Waals surface area contributed by atoms with Crippen molar-refractivity contribution in [1.82, 2.24) is 0 Å². The number of anilines is 4. The van der Waals surface area contributed by atoms with Gasteiger partial charge in [0.2, 0.25) is 0 Å². The van der Waals surface area contributed by atoms with Gasteiger partial charge in [-0.2, -0.15) is 0 Å². The van der Waals surface area contributed by atoms with E-state index < -0.39 is 29.4 Å². The van der Waals surface area contributed by atoms with E-state index >= 15 is 0 Å². The van der Waals surface area contributed by atoms with Crippen molar-refractivity contribution in [3.8, 4) is 40.2 Å². The van der Waals surface area contributed by atoms with Crippen LogP contribution in [0.3, 0.4) is 0 Å². The maximum absolute atomic E-state index is 13.0. The molecule has 8 aromatic rings. The predicted octanol–water partition coefficient (Wildman–Crippen LogP) is 17.7. The fourth-order valence-corrected chi connectivity index (χ4v) is 11.6. The number of benzene rings is 8. The topological polar surface area (TPSA) is 247 Å². The summed E-state index contributed by atoms with van der Waals surface area (Å²) in [6.07, 6.45) is 0. The number of carbonyl (C=O) groups is 4. The van der Waals surface area contributed by atoms with E-state index in [2.05, 4.69) is 149 Å². The van der Waals surface area contributed by atoms with Crippen molar-refractivity contribution >= 4 is 197 Å². The Morgan fingerprint density at radius 1 is 0.412 bits per heavy atom. The Morgan fingerprint density at radius 3 is 1.07 bits per heavy atom. The highest BCUT2D eigenvalue weighted by Crippen LogP contribution is 2.39. The maximum Gasteiger partial charge on any atom is 0.259 e. The number of hydrogen-bond donors (Lipinski definition) is 10. The molecule has 0 saturated carbocycles. The van der Waals surface area contributed by atoms with Gasteiger partial charge in [-0.3, -0.25) is 19.2 Å². The molecule has 416 valence electrons. The average Bonchev–Trinajstić information content (AvgIpc) is 3.38. The molecular formula is C53H34Br8Cl2F2N4O11. The molecule has 0 aliphatic carbocycles. The molecule has 0 fully saturated rings. The van der Waals surface area contributed by atoms with Gasteiger partial charge in [0, 0.05) is 45.5 Å². The summed E-state index contributed by atoms with van der Waals surface area (Å²) >= 11 is 37.4.